The number of hydrogen-bond donors (Lipinski definition) is 1. The summed E-state index contributed by atoms with van der Waals surface area (Å²) >= 11 is 1.64. The van der Waals surface area contributed by atoms with E-state index in [1.165, 1.54) is 0 Å². The monoisotopic (exact) mass is 194 g/mol. The summed E-state index contributed by atoms with van der Waals surface area (Å²) in [4.78, 5) is 1.11. The maximum absolute atomic E-state index is 5.63. The first-order chi connectivity index (χ1) is 6.33. The second-order valence-electron chi connectivity index (χ2n) is 2.70. The smallest absolute Gasteiger partial charge is 0.225 e. The zero-order valence-electron chi connectivity index (χ0n) is 7.28. The summed E-state index contributed by atoms with van der Waals surface area (Å²) in [5.74, 6) is 0.436. The molecule has 0 aromatic carbocycles. The van der Waals surface area contributed by atoms with E-state index in [0.717, 1.165) is 22.6 Å². The lowest BCUT2D eigenvalue weighted by molar-refractivity contribution is 0.439. The van der Waals surface area contributed by atoms with Gasteiger partial charge in [0.1, 0.15) is 5.69 Å². The Morgan fingerprint density at radius 2 is 2.46 bits per heavy atom. The van der Waals surface area contributed by atoms with E-state index in [1.807, 2.05) is 24.4 Å². The third-order valence-corrected chi connectivity index (χ3v) is 2.80. The molecule has 2 aromatic rings. The molecule has 2 aromatic heterocycles. The number of rotatable bonds is 2. The van der Waals surface area contributed by atoms with Gasteiger partial charge < -0.3 is 10.3 Å². The van der Waals surface area contributed by atoms with Crippen LogP contribution in [0.2, 0.25) is 0 Å². The van der Waals surface area contributed by atoms with E-state index in [2.05, 4.69) is 5.16 Å². The molecule has 68 valence electrons. The van der Waals surface area contributed by atoms with Crippen LogP contribution < -0.4 is 5.73 Å². The molecule has 0 atom stereocenters. The fraction of sp³-hybridized carbons (Fsp3) is 0.222. The Balaban J connectivity index is 2.52. The molecule has 0 radical (unpaired) electrons. The van der Waals surface area contributed by atoms with Crippen LogP contribution in [0.25, 0.3) is 10.6 Å². The van der Waals surface area contributed by atoms with Gasteiger partial charge in [-0.1, -0.05) is 18.1 Å². The van der Waals surface area contributed by atoms with Crippen LogP contribution in [0.5, 0.6) is 0 Å². The largest absolute Gasteiger partial charge is 0.367 e. The Kier molecular flexibility index (Phi) is 2.06. The summed E-state index contributed by atoms with van der Waals surface area (Å²) in [7, 11) is 0. The van der Waals surface area contributed by atoms with E-state index < -0.39 is 0 Å². The SMILES string of the molecule is CCc1c(-c2cccs2)noc1N. The van der Waals surface area contributed by atoms with Crippen LogP contribution in [0.15, 0.2) is 22.0 Å². The minimum atomic E-state index is 0.436. The van der Waals surface area contributed by atoms with Crippen LogP contribution >= 0.6 is 11.3 Å². The van der Waals surface area contributed by atoms with Crippen LogP contribution in [-0.2, 0) is 6.42 Å². The third-order valence-electron chi connectivity index (χ3n) is 1.93. The molecule has 0 saturated carbocycles. The first kappa shape index (κ1) is 8.31. The molecule has 0 bridgehead atoms. The standard InChI is InChI=1S/C9H10N2OS/c1-2-6-8(11-12-9(6)10)7-4-3-5-13-7/h3-5H,2,10H2,1H3. The highest BCUT2D eigenvalue weighted by molar-refractivity contribution is 7.13. The van der Waals surface area contributed by atoms with Crippen molar-refractivity contribution in [3.8, 4) is 10.6 Å². The fourth-order valence-corrected chi connectivity index (χ4v) is 2.00. The molecule has 0 saturated heterocycles. The third kappa shape index (κ3) is 1.33. The van der Waals surface area contributed by atoms with E-state index in [-0.39, 0.29) is 0 Å². The molecular formula is C9H10N2OS. The summed E-state index contributed by atoms with van der Waals surface area (Å²) in [6.45, 7) is 2.04. The molecule has 0 amide bonds. The predicted molar refractivity (Wildman–Crippen MR) is 53.6 cm³/mol. The number of anilines is 1. The van der Waals surface area contributed by atoms with Crippen molar-refractivity contribution in [2.45, 2.75) is 13.3 Å². The Morgan fingerprint density at radius 3 is 3.08 bits per heavy atom. The second-order valence-corrected chi connectivity index (χ2v) is 3.65. The van der Waals surface area contributed by atoms with Gasteiger partial charge in [0.05, 0.1) is 4.88 Å². The Hall–Kier alpha value is -1.29. The molecule has 0 spiro atoms. The van der Waals surface area contributed by atoms with Crippen molar-refractivity contribution >= 4 is 17.2 Å². The van der Waals surface area contributed by atoms with E-state index in [1.54, 1.807) is 11.3 Å². The van der Waals surface area contributed by atoms with Crippen molar-refractivity contribution in [2.24, 2.45) is 0 Å². The van der Waals surface area contributed by atoms with Crippen LogP contribution in [0, 0.1) is 0 Å². The number of hydrogen-bond acceptors (Lipinski definition) is 4. The molecule has 3 nitrogen and oxygen atoms in total. The lowest BCUT2D eigenvalue weighted by atomic mass is 10.1. The van der Waals surface area contributed by atoms with Gasteiger partial charge >= 0.3 is 0 Å². The molecule has 13 heavy (non-hydrogen) atoms. The van der Waals surface area contributed by atoms with Crippen molar-refractivity contribution in [3.05, 3.63) is 23.1 Å². The van der Waals surface area contributed by atoms with Crippen molar-refractivity contribution in [3.63, 3.8) is 0 Å². The van der Waals surface area contributed by atoms with Crippen molar-refractivity contribution in [1.29, 1.82) is 0 Å². The van der Waals surface area contributed by atoms with E-state index in [9.17, 15) is 0 Å². The van der Waals surface area contributed by atoms with Crippen molar-refractivity contribution < 1.29 is 4.52 Å². The maximum atomic E-state index is 5.63. The molecule has 2 rings (SSSR count). The minimum Gasteiger partial charge on any atom is -0.367 e. The van der Waals surface area contributed by atoms with E-state index >= 15 is 0 Å². The average molecular weight is 194 g/mol. The molecule has 2 N–H and O–H groups in total. The van der Waals surface area contributed by atoms with Crippen LogP contribution in [0.4, 0.5) is 5.88 Å². The summed E-state index contributed by atoms with van der Waals surface area (Å²) in [6.07, 6.45) is 0.850. The molecular weight excluding hydrogens is 184 g/mol. The van der Waals surface area contributed by atoms with Crippen LogP contribution in [0.1, 0.15) is 12.5 Å². The van der Waals surface area contributed by atoms with Gasteiger partial charge in [-0.25, -0.2) is 0 Å². The highest BCUT2D eigenvalue weighted by Crippen LogP contribution is 2.30. The molecule has 2 heterocycles. The Labute approximate surface area is 80.2 Å². The van der Waals surface area contributed by atoms with Gasteiger partial charge in [0, 0.05) is 5.56 Å². The second kappa shape index (κ2) is 3.22. The van der Waals surface area contributed by atoms with Gasteiger partial charge in [-0.3, -0.25) is 0 Å². The maximum Gasteiger partial charge on any atom is 0.225 e. The number of nitrogen functional groups attached to an aromatic ring is 1. The average Bonchev–Trinajstić information content (AvgIpc) is 2.71. The highest BCUT2D eigenvalue weighted by Gasteiger charge is 2.13. The number of aromatic nitrogens is 1. The van der Waals surface area contributed by atoms with Gasteiger partial charge in [-0.2, -0.15) is 0 Å². The van der Waals surface area contributed by atoms with E-state index in [4.69, 9.17) is 10.3 Å². The lowest BCUT2D eigenvalue weighted by Crippen LogP contribution is -1.88. The normalized spacial score (nSPS) is 10.5. The topological polar surface area (TPSA) is 52.0 Å². The zero-order chi connectivity index (χ0) is 9.26. The van der Waals surface area contributed by atoms with Gasteiger partial charge in [0.25, 0.3) is 0 Å². The zero-order valence-corrected chi connectivity index (χ0v) is 8.10. The molecule has 0 aliphatic rings. The Bertz CT molecular complexity index is 392. The first-order valence-electron chi connectivity index (χ1n) is 4.10. The Morgan fingerprint density at radius 1 is 1.62 bits per heavy atom. The molecule has 0 fully saturated rings. The minimum absolute atomic E-state index is 0.436. The quantitative estimate of drug-likeness (QED) is 0.799. The molecule has 4 heteroatoms. The molecule has 0 aliphatic carbocycles. The van der Waals surface area contributed by atoms with Gasteiger partial charge in [0.15, 0.2) is 0 Å². The molecule has 0 aliphatic heterocycles. The van der Waals surface area contributed by atoms with Gasteiger partial charge in [-0.15, -0.1) is 11.3 Å². The number of thiophene rings is 1. The highest BCUT2D eigenvalue weighted by atomic mass is 32.1. The van der Waals surface area contributed by atoms with Crippen LogP contribution in [-0.4, -0.2) is 5.16 Å². The van der Waals surface area contributed by atoms with E-state index in [0.29, 0.717) is 5.88 Å². The summed E-state index contributed by atoms with van der Waals surface area (Å²) in [5.41, 5.74) is 7.52. The summed E-state index contributed by atoms with van der Waals surface area (Å²) in [5, 5.41) is 5.95. The van der Waals surface area contributed by atoms with Gasteiger partial charge in [0.2, 0.25) is 5.88 Å². The summed E-state index contributed by atoms with van der Waals surface area (Å²) in [6, 6.07) is 4.01. The number of nitrogens with two attached hydrogens (primary N) is 1. The predicted octanol–water partition coefficient (Wildman–Crippen LogP) is 2.55. The first-order valence-corrected chi connectivity index (χ1v) is 4.98. The van der Waals surface area contributed by atoms with Gasteiger partial charge in [-0.05, 0) is 17.9 Å². The lowest BCUT2D eigenvalue weighted by Gasteiger charge is -1.93. The molecule has 0 unspecified atom stereocenters. The summed E-state index contributed by atoms with van der Waals surface area (Å²) < 4.78 is 4.94. The number of nitrogens with zero attached hydrogens (tertiary/aromatic N) is 1. The van der Waals surface area contributed by atoms with Crippen molar-refractivity contribution in [2.75, 3.05) is 5.73 Å². The van der Waals surface area contributed by atoms with Crippen LogP contribution in [0.3, 0.4) is 0 Å². The fourth-order valence-electron chi connectivity index (χ4n) is 1.27. The van der Waals surface area contributed by atoms with Crippen molar-refractivity contribution in [1.82, 2.24) is 5.16 Å².